The topological polar surface area (TPSA) is 21.7 Å². The minimum atomic E-state index is -0.476. The molecule has 0 bridgehead atoms. The quantitative estimate of drug-likeness (QED) is 0.166. The maximum Gasteiger partial charge on any atom is 0.178 e. The van der Waals surface area contributed by atoms with Crippen molar-refractivity contribution < 1.29 is 9.47 Å². The number of hydrogen-bond acceptors (Lipinski definition) is 3. The highest BCUT2D eigenvalue weighted by Gasteiger charge is 2.53. The molecule has 0 fully saturated rings. The van der Waals surface area contributed by atoms with E-state index in [1.54, 1.807) is 0 Å². The fraction of sp³-hybridized carbons (Fsp3) is 0.0154. The first-order valence-electron chi connectivity index (χ1n) is 23.3. The molecule has 1 aliphatic heterocycles. The van der Waals surface area contributed by atoms with Gasteiger partial charge in [-0.25, -0.2) is 0 Å². The Morgan fingerprint density at radius 2 is 0.794 bits per heavy atom. The van der Waals surface area contributed by atoms with E-state index in [1.807, 2.05) is 6.07 Å². The molecule has 2 aliphatic carbocycles. The molecule has 0 atom stereocenters. The van der Waals surface area contributed by atoms with Crippen LogP contribution in [-0.4, -0.2) is 0 Å². The van der Waals surface area contributed by atoms with Crippen LogP contribution in [0, 0.1) is 0 Å². The predicted octanol–water partition coefficient (Wildman–Crippen LogP) is 17.6. The van der Waals surface area contributed by atoms with Gasteiger partial charge in [0.05, 0.1) is 11.1 Å². The highest BCUT2D eigenvalue weighted by Crippen LogP contribution is 2.66. The predicted molar refractivity (Wildman–Crippen MR) is 278 cm³/mol. The minimum Gasteiger partial charge on any atom is -0.449 e. The van der Waals surface area contributed by atoms with Crippen LogP contribution in [0.5, 0.6) is 23.0 Å². The van der Waals surface area contributed by atoms with Gasteiger partial charge in [0, 0.05) is 28.1 Å². The first-order valence-corrected chi connectivity index (χ1v) is 23.3. The molecule has 14 rings (SSSR count). The Labute approximate surface area is 395 Å². The molecule has 0 saturated carbocycles. The van der Waals surface area contributed by atoms with Gasteiger partial charge in [0.15, 0.2) is 23.0 Å². The molecule has 0 N–H and O–H groups in total. The van der Waals surface area contributed by atoms with Gasteiger partial charge in [0.1, 0.15) is 0 Å². The Morgan fingerprint density at radius 1 is 0.294 bits per heavy atom. The summed E-state index contributed by atoms with van der Waals surface area (Å²) in [6.07, 6.45) is 0. The summed E-state index contributed by atoms with van der Waals surface area (Å²) in [5.41, 5.74) is 19.2. The Bertz CT molecular complexity index is 3750. The van der Waals surface area contributed by atoms with Gasteiger partial charge in [0.2, 0.25) is 0 Å². The summed E-state index contributed by atoms with van der Waals surface area (Å²) in [5.74, 6) is 2.83. The van der Waals surface area contributed by atoms with Crippen molar-refractivity contribution in [3.05, 3.63) is 271 Å². The first kappa shape index (κ1) is 38.4. The fourth-order valence-electron chi connectivity index (χ4n) is 11.4. The lowest BCUT2D eigenvalue weighted by Gasteiger charge is -2.31. The average molecular weight is 868 g/mol. The van der Waals surface area contributed by atoms with E-state index in [0.29, 0.717) is 17.2 Å². The van der Waals surface area contributed by atoms with Crippen LogP contribution in [-0.2, 0) is 5.41 Å². The van der Waals surface area contributed by atoms with E-state index < -0.39 is 5.41 Å². The van der Waals surface area contributed by atoms with Crippen LogP contribution in [0.4, 0.5) is 17.1 Å². The first-order chi connectivity index (χ1) is 33.7. The van der Waals surface area contributed by atoms with Crippen LogP contribution >= 0.6 is 0 Å². The number of benzene rings is 11. The van der Waals surface area contributed by atoms with Crippen LogP contribution in [0.15, 0.2) is 249 Å². The smallest absolute Gasteiger partial charge is 0.178 e. The van der Waals surface area contributed by atoms with Crippen molar-refractivity contribution in [2.75, 3.05) is 4.90 Å². The Hall–Kier alpha value is -8.92. The van der Waals surface area contributed by atoms with Crippen molar-refractivity contribution in [2.24, 2.45) is 0 Å². The third-order valence-electron chi connectivity index (χ3n) is 14.4. The zero-order valence-corrected chi connectivity index (χ0v) is 36.9. The number of rotatable bonds is 6. The third kappa shape index (κ3) is 5.66. The van der Waals surface area contributed by atoms with Crippen molar-refractivity contribution in [1.29, 1.82) is 0 Å². The van der Waals surface area contributed by atoms with Crippen molar-refractivity contribution >= 4 is 27.8 Å². The van der Waals surface area contributed by atoms with E-state index in [2.05, 4.69) is 248 Å². The molecule has 0 saturated heterocycles. The van der Waals surface area contributed by atoms with Gasteiger partial charge >= 0.3 is 0 Å². The number of anilines is 3. The number of hydrogen-bond donors (Lipinski definition) is 0. The summed E-state index contributed by atoms with van der Waals surface area (Å²) in [4.78, 5) is 2.36. The molecule has 1 heterocycles. The van der Waals surface area contributed by atoms with E-state index in [4.69, 9.17) is 9.47 Å². The molecule has 0 amide bonds. The van der Waals surface area contributed by atoms with Crippen molar-refractivity contribution in [2.45, 2.75) is 5.41 Å². The van der Waals surface area contributed by atoms with E-state index >= 15 is 0 Å². The van der Waals surface area contributed by atoms with E-state index in [-0.39, 0.29) is 0 Å². The van der Waals surface area contributed by atoms with Crippen LogP contribution in [0.3, 0.4) is 0 Å². The van der Waals surface area contributed by atoms with E-state index in [1.165, 1.54) is 66.4 Å². The molecule has 68 heavy (non-hydrogen) atoms. The third-order valence-corrected chi connectivity index (χ3v) is 14.4. The Kier molecular flexibility index (Phi) is 8.50. The number of nitrogens with zero attached hydrogens (tertiary/aromatic N) is 1. The van der Waals surface area contributed by atoms with Crippen molar-refractivity contribution in [1.82, 2.24) is 0 Å². The van der Waals surface area contributed by atoms with Gasteiger partial charge in [-0.2, -0.15) is 0 Å². The monoisotopic (exact) mass is 867 g/mol. The summed E-state index contributed by atoms with van der Waals surface area (Å²) in [7, 11) is 0. The lowest BCUT2D eigenvalue weighted by atomic mass is 9.70. The zero-order chi connectivity index (χ0) is 44.8. The largest absolute Gasteiger partial charge is 0.449 e. The van der Waals surface area contributed by atoms with Crippen LogP contribution in [0.1, 0.15) is 22.3 Å². The second-order valence-corrected chi connectivity index (χ2v) is 17.9. The maximum atomic E-state index is 7.18. The highest BCUT2D eigenvalue weighted by molar-refractivity contribution is 5.99. The molecule has 1 spiro atoms. The summed E-state index contributed by atoms with van der Waals surface area (Å²) in [6, 6.07) is 89.5. The second-order valence-electron chi connectivity index (χ2n) is 17.9. The lowest BCUT2D eigenvalue weighted by molar-refractivity contribution is 0.361. The standard InChI is InChI=1S/C65H41NO2/c1-2-15-42(16-3-1)44-29-31-45(32-30-44)46-33-36-48(37-34-46)66(49-38-35-43-17-4-5-18-47(43)41-49)59-27-13-9-21-52(59)53-23-14-28-60-63(53)67-61-40-39-58-62(64(61)68-60)54-22-8-12-26-57(54)65(58)55-24-10-6-19-50(55)51-20-7-11-25-56(51)65/h1-41H. The van der Waals surface area contributed by atoms with Gasteiger partial charge in [-0.05, 0) is 114 Å². The summed E-state index contributed by atoms with van der Waals surface area (Å²) in [6.45, 7) is 0. The molecular formula is C65H41NO2. The summed E-state index contributed by atoms with van der Waals surface area (Å²) < 4.78 is 14.3. The number of ether oxygens (including phenoxy) is 2. The average Bonchev–Trinajstić information content (AvgIpc) is 3.89. The van der Waals surface area contributed by atoms with Crippen LogP contribution in [0.25, 0.3) is 66.4 Å². The number of fused-ring (bicyclic) bond motifs is 14. The molecule has 3 aliphatic rings. The van der Waals surface area contributed by atoms with Gasteiger partial charge in [-0.1, -0.05) is 206 Å². The maximum absolute atomic E-state index is 7.18. The number of para-hydroxylation sites is 2. The summed E-state index contributed by atoms with van der Waals surface area (Å²) in [5, 5.41) is 2.37. The van der Waals surface area contributed by atoms with Gasteiger partial charge in [-0.15, -0.1) is 0 Å². The highest BCUT2D eigenvalue weighted by atomic mass is 16.6. The SMILES string of the molecule is c1ccc(-c2ccc(-c3ccc(N(c4ccc5ccccc5c4)c4ccccc4-c4cccc5c4Oc4ccc6c(c4O5)-c4ccccc4C64c5ccccc5-c5ccccc54)cc3)cc2)cc1. The second kappa shape index (κ2) is 15.1. The molecule has 3 heteroatoms. The minimum absolute atomic E-state index is 0.476. The Morgan fingerprint density at radius 3 is 1.50 bits per heavy atom. The van der Waals surface area contributed by atoms with Crippen molar-refractivity contribution in [3.8, 4) is 78.6 Å². The van der Waals surface area contributed by atoms with Gasteiger partial charge < -0.3 is 14.4 Å². The lowest BCUT2D eigenvalue weighted by Crippen LogP contribution is -2.25. The summed E-state index contributed by atoms with van der Waals surface area (Å²) >= 11 is 0. The molecular weight excluding hydrogens is 827 g/mol. The Balaban J connectivity index is 0.882. The zero-order valence-electron chi connectivity index (χ0n) is 36.9. The van der Waals surface area contributed by atoms with E-state index in [9.17, 15) is 0 Å². The molecule has 11 aromatic rings. The molecule has 0 unspecified atom stereocenters. The fourth-order valence-corrected chi connectivity index (χ4v) is 11.4. The molecule has 0 aromatic heterocycles. The molecule has 11 aromatic carbocycles. The van der Waals surface area contributed by atoms with Crippen molar-refractivity contribution in [3.63, 3.8) is 0 Å². The molecule has 0 radical (unpaired) electrons. The van der Waals surface area contributed by atoms with Crippen LogP contribution in [0.2, 0.25) is 0 Å². The molecule has 3 nitrogen and oxygen atoms in total. The van der Waals surface area contributed by atoms with Crippen LogP contribution < -0.4 is 14.4 Å². The van der Waals surface area contributed by atoms with Gasteiger partial charge in [0.25, 0.3) is 0 Å². The van der Waals surface area contributed by atoms with E-state index in [0.717, 1.165) is 45.1 Å². The normalized spacial score (nSPS) is 13.1. The van der Waals surface area contributed by atoms with Gasteiger partial charge in [-0.3, -0.25) is 0 Å². The molecule has 318 valence electrons.